The molecule has 8 heteroatoms. The van der Waals surface area contributed by atoms with Gasteiger partial charge in [0.2, 0.25) is 0 Å². The molecular weight excluding hydrogens is 326 g/mol. The second-order valence-corrected chi connectivity index (χ2v) is 7.04. The van der Waals surface area contributed by atoms with Crippen LogP contribution >= 0.6 is 11.3 Å². The third-order valence-electron chi connectivity index (χ3n) is 3.89. The summed E-state index contributed by atoms with van der Waals surface area (Å²) in [5.74, 6) is 0.804. The van der Waals surface area contributed by atoms with E-state index in [4.69, 9.17) is 4.74 Å². The highest BCUT2D eigenvalue weighted by atomic mass is 32.1. The molecule has 24 heavy (non-hydrogen) atoms. The third kappa shape index (κ3) is 5.67. The van der Waals surface area contributed by atoms with Gasteiger partial charge in [0.15, 0.2) is 5.96 Å². The van der Waals surface area contributed by atoms with Crippen LogP contribution in [0.15, 0.2) is 11.2 Å². The van der Waals surface area contributed by atoms with E-state index in [2.05, 4.69) is 27.5 Å². The lowest BCUT2D eigenvalue weighted by molar-refractivity contribution is 0.0963. The number of likely N-dealkylation sites (tertiary alicyclic amines) is 1. The van der Waals surface area contributed by atoms with Gasteiger partial charge in [0.1, 0.15) is 0 Å². The molecule has 0 unspecified atom stereocenters. The van der Waals surface area contributed by atoms with Crippen LogP contribution in [-0.2, 0) is 11.2 Å². The highest BCUT2D eigenvalue weighted by Gasteiger charge is 2.23. The summed E-state index contributed by atoms with van der Waals surface area (Å²) in [4.78, 5) is 23.3. The van der Waals surface area contributed by atoms with Crippen molar-refractivity contribution in [3.8, 4) is 0 Å². The largest absolute Gasteiger partial charge is 0.450 e. The molecule has 1 amide bonds. The molecule has 0 spiro atoms. The first-order valence-corrected chi connectivity index (χ1v) is 9.24. The maximum Gasteiger partial charge on any atom is 0.409 e. The number of carbonyl (C=O) groups excluding carboxylic acids is 1. The van der Waals surface area contributed by atoms with Gasteiger partial charge in [0.05, 0.1) is 11.6 Å². The molecule has 134 valence electrons. The lowest BCUT2D eigenvalue weighted by atomic mass is 10.1. The standard InChI is InChI=1S/C16H27N5O2S/c1-4-23-16(22)21-9-6-13(7-10-21)20-15(17-3)18-8-5-14-19-11-12(2)24-14/h11,13H,4-10H2,1-3H3,(H2,17,18,20). The van der Waals surface area contributed by atoms with Crippen LogP contribution in [0.25, 0.3) is 0 Å². The summed E-state index contributed by atoms with van der Waals surface area (Å²) in [7, 11) is 1.77. The molecule has 1 fully saturated rings. The van der Waals surface area contributed by atoms with Gasteiger partial charge in [-0.15, -0.1) is 11.3 Å². The van der Waals surface area contributed by atoms with Gasteiger partial charge < -0.3 is 20.3 Å². The average molecular weight is 353 g/mol. The zero-order valence-corrected chi connectivity index (χ0v) is 15.5. The first-order valence-electron chi connectivity index (χ1n) is 8.42. The number of nitrogens with one attached hydrogen (secondary N) is 2. The van der Waals surface area contributed by atoms with Crippen molar-refractivity contribution in [2.75, 3.05) is 33.3 Å². The molecule has 2 N–H and O–H groups in total. The summed E-state index contributed by atoms with van der Waals surface area (Å²) in [6.07, 6.45) is 4.37. The third-order valence-corrected chi connectivity index (χ3v) is 4.86. The monoisotopic (exact) mass is 353 g/mol. The number of guanidine groups is 1. The number of thiazole rings is 1. The van der Waals surface area contributed by atoms with Crippen molar-refractivity contribution in [3.05, 3.63) is 16.1 Å². The lowest BCUT2D eigenvalue weighted by Gasteiger charge is -2.32. The number of hydrogen-bond acceptors (Lipinski definition) is 5. The maximum atomic E-state index is 11.7. The minimum Gasteiger partial charge on any atom is -0.450 e. The number of rotatable bonds is 5. The number of nitrogens with zero attached hydrogens (tertiary/aromatic N) is 3. The second-order valence-electron chi connectivity index (χ2n) is 5.72. The SMILES string of the molecule is CCOC(=O)N1CCC(NC(=NC)NCCc2ncc(C)s2)CC1. The Morgan fingerprint density at radius 3 is 2.83 bits per heavy atom. The van der Waals surface area contributed by atoms with Crippen LogP contribution in [0.2, 0.25) is 0 Å². The van der Waals surface area contributed by atoms with Crippen LogP contribution in [0.5, 0.6) is 0 Å². The molecule has 1 aromatic heterocycles. The molecule has 1 aromatic rings. The van der Waals surface area contributed by atoms with E-state index in [1.54, 1.807) is 23.3 Å². The van der Waals surface area contributed by atoms with E-state index in [0.717, 1.165) is 36.8 Å². The van der Waals surface area contributed by atoms with Gasteiger partial charge in [-0.2, -0.15) is 0 Å². The molecule has 1 saturated heterocycles. The summed E-state index contributed by atoms with van der Waals surface area (Å²) in [6.45, 7) is 6.55. The topological polar surface area (TPSA) is 78.8 Å². The smallest absolute Gasteiger partial charge is 0.409 e. The molecule has 0 aliphatic carbocycles. The Labute approximate surface area is 147 Å². The summed E-state index contributed by atoms with van der Waals surface area (Å²) in [5, 5.41) is 7.90. The molecule has 0 bridgehead atoms. The predicted molar refractivity (Wildman–Crippen MR) is 96.7 cm³/mol. The Kier molecular flexibility index (Phi) is 7.30. The van der Waals surface area contributed by atoms with Crippen LogP contribution < -0.4 is 10.6 Å². The van der Waals surface area contributed by atoms with Gasteiger partial charge in [-0.1, -0.05) is 0 Å². The molecule has 7 nitrogen and oxygen atoms in total. The summed E-state index contributed by atoms with van der Waals surface area (Å²) >= 11 is 1.73. The molecule has 2 heterocycles. The van der Waals surface area contributed by atoms with Gasteiger partial charge in [0, 0.05) is 50.2 Å². The van der Waals surface area contributed by atoms with Crippen molar-refractivity contribution in [2.45, 2.75) is 39.2 Å². The second kappa shape index (κ2) is 9.46. The number of carbonyl (C=O) groups is 1. The summed E-state index contributed by atoms with van der Waals surface area (Å²) in [6, 6.07) is 0.323. The fourth-order valence-electron chi connectivity index (χ4n) is 2.61. The molecule has 0 atom stereocenters. The first kappa shape index (κ1) is 18.5. The Morgan fingerprint density at radius 2 is 2.25 bits per heavy atom. The van der Waals surface area contributed by atoms with Crippen molar-refractivity contribution in [1.82, 2.24) is 20.5 Å². The van der Waals surface area contributed by atoms with E-state index < -0.39 is 0 Å². The van der Waals surface area contributed by atoms with Crippen molar-refractivity contribution in [3.63, 3.8) is 0 Å². The number of ether oxygens (including phenoxy) is 1. The minimum atomic E-state index is -0.211. The van der Waals surface area contributed by atoms with Crippen LogP contribution in [0.3, 0.4) is 0 Å². The van der Waals surface area contributed by atoms with Crippen molar-refractivity contribution >= 4 is 23.4 Å². The van der Waals surface area contributed by atoms with Crippen molar-refractivity contribution in [1.29, 1.82) is 0 Å². The summed E-state index contributed by atoms with van der Waals surface area (Å²) in [5.41, 5.74) is 0. The lowest BCUT2D eigenvalue weighted by Crippen LogP contribution is -2.50. The van der Waals surface area contributed by atoms with Crippen LogP contribution in [0.1, 0.15) is 29.7 Å². The van der Waals surface area contributed by atoms with Crippen LogP contribution in [-0.4, -0.2) is 61.3 Å². The first-order chi connectivity index (χ1) is 11.6. The quantitative estimate of drug-likeness (QED) is 0.623. The maximum absolute atomic E-state index is 11.7. The van der Waals surface area contributed by atoms with E-state index in [1.807, 2.05) is 13.1 Å². The molecule has 0 aromatic carbocycles. The zero-order chi connectivity index (χ0) is 17.4. The Morgan fingerprint density at radius 1 is 1.50 bits per heavy atom. The normalized spacial score (nSPS) is 16.1. The van der Waals surface area contributed by atoms with E-state index in [1.165, 1.54) is 4.88 Å². The molecule has 0 saturated carbocycles. The van der Waals surface area contributed by atoms with Crippen molar-refractivity contribution < 1.29 is 9.53 Å². The van der Waals surface area contributed by atoms with Gasteiger partial charge in [-0.05, 0) is 26.7 Å². The Bertz CT molecular complexity index is 552. The van der Waals surface area contributed by atoms with Crippen LogP contribution in [0, 0.1) is 6.92 Å². The number of aryl methyl sites for hydroxylation is 1. The van der Waals surface area contributed by atoms with Gasteiger partial charge in [0.25, 0.3) is 0 Å². The summed E-state index contributed by atoms with van der Waals surface area (Å²) < 4.78 is 5.04. The van der Waals surface area contributed by atoms with Gasteiger partial charge in [-0.3, -0.25) is 4.99 Å². The van der Waals surface area contributed by atoms with Crippen LogP contribution in [0.4, 0.5) is 4.79 Å². The van der Waals surface area contributed by atoms with Gasteiger partial charge >= 0.3 is 6.09 Å². The molecular formula is C16H27N5O2S. The molecule has 2 rings (SSSR count). The number of hydrogen-bond donors (Lipinski definition) is 2. The molecule has 1 aliphatic rings. The minimum absolute atomic E-state index is 0.211. The van der Waals surface area contributed by atoms with E-state index >= 15 is 0 Å². The van der Waals surface area contributed by atoms with E-state index in [0.29, 0.717) is 25.7 Å². The van der Waals surface area contributed by atoms with Gasteiger partial charge in [-0.25, -0.2) is 9.78 Å². The zero-order valence-electron chi connectivity index (χ0n) is 14.7. The van der Waals surface area contributed by atoms with Crippen molar-refractivity contribution in [2.24, 2.45) is 4.99 Å². The van der Waals surface area contributed by atoms with E-state index in [-0.39, 0.29) is 6.09 Å². The fraction of sp³-hybridized carbons (Fsp3) is 0.688. The Balaban J connectivity index is 1.69. The van der Waals surface area contributed by atoms with E-state index in [9.17, 15) is 4.79 Å². The Hall–Kier alpha value is -1.83. The number of aliphatic imine (C=N–C) groups is 1. The molecule has 0 radical (unpaired) electrons. The average Bonchev–Trinajstić information content (AvgIpc) is 3.00. The molecule has 1 aliphatic heterocycles. The number of amides is 1. The predicted octanol–water partition coefficient (Wildman–Crippen LogP) is 1.78. The highest BCUT2D eigenvalue weighted by Crippen LogP contribution is 2.12. The number of aromatic nitrogens is 1. The number of piperidine rings is 1. The highest BCUT2D eigenvalue weighted by molar-refractivity contribution is 7.11. The fourth-order valence-corrected chi connectivity index (χ4v) is 3.40.